The number of carbonyl (C=O) groups excluding carboxylic acids is 1. The zero-order valence-electron chi connectivity index (χ0n) is 14.4. The van der Waals surface area contributed by atoms with E-state index in [4.69, 9.17) is 0 Å². The number of carbonyl (C=O) groups is 1. The highest BCUT2D eigenvalue weighted by molar-refractivity contribution is 5.94. The lowest BCUT2D eigenvalue weighted by Gasteiger charge is -2.17. The number of aromatic nitrogens is 3. The van der Waals surface area contributed by atoms with Gasteiger partial charge >= 0.3 is 0 Å². The van der Waals surface area contributed by atoms with Crippen LogP contribution >= 0.6 is 0 Å². The van der Waals surface area contributed by atoms with Crippen LogP contribution in [0.2, 0.25) is 0 Å². The SMILES string of the molecule is CCNC(=O)c1ccnc(N(C)Cc2cnn(-c3ccccc3)c2)c1. The lowest BCUT2D eigenvalue weighted by atomic mass is 10.2. The maximum absolute atomic E-state index is 12.0. The van der Waals surface area contributed by atoms with Gasteiger partial charge in [0.1, 0.15) is 5.82 Å². The Hall–Kier alpha value is -3.15. The van der Waals surface area contributed by atoms with E-state index in [1.165, 1.54) is 0 Å². The summed E-state index contributed by atoms with van der Waals surface area (Å²) in [4.78, 5) is 18.3. The van der Waals surface area contributed by atoms with Crippen molar-refractivity contribution in [2.75, 3.05) is 18.5 Å². The van der Waals surface area contributed by atoms with E-state index in [9.17, 15) is 4.79 Å². The number of anilines is 1. The summed E-state index contributed by atoms with van der Waals surface area (Å²) in [5, 5.41) is 7.21. The van der Waals surface area contributed by atoms with Crippen LogP contribution in [0.25, 0.3) is 5.69 Å². The second kappa shape index (κ2) is 7.61. The quantitative estimate of drug-likeness (QED) is 0.752. The van der Waals surface area contributed by atoms with Crippen LogP contribution in [0.5, 0.6) is 0 Å². The van der Waals surface area contributed by atoms with Crippen LogP contribution in [0.4, 0.5) is 5.82 Å². The first-order valence-corrected chi connectivity index (χ1v) is 8.21. The number of pyridine rings is 1. The van der Waals surface area contributed by atoms with Gasteiger partial charge < -0.3 is 10.2 Å². The Morgan fingerprint density at radius 1 is 1.24 bits per heavy atom. The lowest BCUT2D eigenvalue weighted by molar-refractivity contribution is 0.0955. The Labute approximate surface area is 147 Å². The van der Waals surface area contributed by atoms with Gasteiger partial charge in [0.15, 0.2) is 0 Å². The van der Waals surface area contributed by atoms with Crippen molar-refractivity contribution >= 4 is 11.7 Å². The fraction of sp³-hybridized carbons (Fsp3) is 0.211. The summed E-state index contributed by atoms with van der Waals surface area (Å²) in [6.45, 7) is 3.15. The minimum absolute atomic E-state index is 0.0866. The van der Waals surface area contributed by atoms with Crippen molar-refractivity contribution in [1.82, 2.24) is 20.1 Å². The van der Waals surface area contributed by atoms with Gasteiger partial charge in [0.2, 0.25) is 0 Å². The van der Waals surface area contributed by atoms with Crippen LogP contribution in [0, 0.1) is 0 Å². The molecular weight excluding hydrogens is 314 g/mol. The summed E-state index contributed by atoms with van der Waals surface area (Å²) >= 11 is 0. The third-order valence-electron chi connectivity index (χ3n) is 3.81. The maximum atomic E-state index is 12.0. The second-order valence-corrected chi connectivity index (χ2v) is 5.75. The molecule has 3 rings (SSSR count). The Morgan fingerprint density at radius 2 is 2.04 bits per heavy atom. The van der Waals surface area contributed by atoms with Crippen LogP contribution in [0.15, 0.2) is 61.1 Å². The molecule has 2 heterocycles. The predicted molar refractivity (Wildman–Crippen MR) is 97.9 cm³/mol. The topological polar surface area (TPSA) is 63.1 Å². The van der Waals surface area contributed by atoms with E-state index in [1.54, 1.807) is 18.3 Å². The maximum Gasteiger partial charge on any atom is 0.251 e. The van der Waals surface area contributed by atoms with Crippen LogP contribution in [-0.4, -0.2) is 34.3 Å². The van der Waals surface area contributed by atoms with Crippen LogP contribution in [0.1, 0.15) is 22.8 Å². The van der Waals surface area contributed by atoms with Gasteiger partial charge in [0.05, 0.1) is 11.9 Å². The van der Waals surface area contributed by atoms with E-state index in [0.29, 0.717) is 18.7 Å². The van der Waals surface area contributed by atoms with E-state index >= 15 is 0 Å². The number of para-hydroxylation sites is 1. The molecule has 0 saturated heterocycles. The molecule has 0 unspecified atom stereocenters. The summed E-state index contributed by atoms with van der Waals surface area (Å²) < 4.78 is 1.85. The fourth-order valence-corrected chi connectivity index (χ4v) is 2.55. The average Bonchev–Trinajstić information content (AvgIpc) is 3.11. The first kappa shape index (κ1) is 16.7. The van der Waals surface area contributed by atoms with Gasteiger partial charge in [0, 0.05) is 43.7 Å². The van der Waals surface area contributed by atoms with Crippen LogP contribution < -0.4 is 10.2 Å². The zero-order chi connectivity index (χ0) is 17.6. The smallest absolute Gasteiger partial charge is 0.251 e. The number of amides is 1. The summed E-state index contributed by atoms with van der Waals surface area (Å²) in [5.41, 5.74) is 2.70. The van der Waals surface area contributed by atoms with E-state index in [0.717, 1.165) is 17.1 Å². The highest BCUT2D eigenvalue weighted by Gasteiger charge is 2.10. The normalized spacial score (nSPS) is 10.5. The first-order chi connectivity index (χ1) is 12.2. The molecule has 0 atom stereocenters. The average molecular weight is 335 g/mol. The van der Waals surface area contributed by atoms with Crippen molar-refractivity contribution < 1.29 is 4.79 Å². The van der Waals surface area contributed by atoms with E-state index in [-0.39, 0.29) is 5.91 Å². The van der Waals surface area contributed by atoms with Crippen molar-refractivity contribution in [2.24, 2.45) is 0 Å². The lowest BCUT2D eigenvalue weighted by Crippen LogP contribution is -2.23. The molecule has 2 aromatic heterocycles. The molecule has 0 fully saturated rings. The number of benzene rings is 1. The van der Waals surface area contributed by atoms with Crippen molar-refractivity contribution in [2.45, 2.75) is 13.5 Å². The molecule has 6 nitrogen and oxygen atoms in total. The molecule has 6 heteroatoms. The third kappa shape index (κ3) is 4.03. The van der Waals surface area contributed by atoms with Gasteiger partial charge in [-0.2, -0.15) is 5.10 Å². The van der Waals surface area contributed by atoms with Gasteiger partial charge in [0.25, 0.3) is 5.91 Å². The van der Waals surface area contributed by atoms with Gasteiger partial charge in [-0.05, 0) is 31.2 Å². The monoisotopic (exact) mass is 335 g/mol. The molecule has 0 spiro atoms. The molecule has 1 amide bonds. The molecule has 25 heavy (non-hydrogen) atoms. The zero-order valence-corrected chi connectivity index (χ0v) is 14.4. The van der Waals surface area contributed by atoms with E-state index in [2.05, 4.69) is 15.4 Å². The molecule has 0 aliphatic heterocycles. The molecule has 0 radical (unpaired) electrons. The number of nitrogens with zero attached hydrogens (tertiary/aromatic N) is 4. The van der Waals surface area contributed by atoms with Crippen molar-refractivity contribution in [3.8, 4) is 5.69 Å². The molecule has 0 aliphatic carbocycles. The first-order valence-electron chi connectivity index (χ1n) is 8.21. The summed E-state index contributed by atoms with van der Waals surface area (Å²) in [5.74, 6) is 0.660. The summed E-state index contributed by atoms with van der Waals surface area (Å²) in [7, 11) is 1.95. The molecule has 1 N–H and O–H groups in total. The molecule has 128 valence electrons. The van der Waals surface area contributed by atoms with Gasteiger partial charge in [-0.1, -0.05) is 18.2 Å². The third-order valence-corrected chi connectivity index (χ3v) is 3.81. The van der Waals surface area contributed by atoms with Gasteiger partial charge in [-0.3, -0.25) is 4.79 Å². The molecule has 0 aliphatic rings. The fourth-order valence-electron chi connectivity index (χ4n) is 2.55. The second-order valence-electron chi connectivity index (χ2n) is 5.75. The summed E-state index contributed by atoms with van der Waals surface area (Å²) in [6, 6.07) is 13.5. The Morgan fingerprint density at radius 3 is 2.80 bits per heavy atom. The van der Waals surface area contributed by atoms with Crippen LogP contribution in [-0.2, 0) is 6.54 Å². The number of nitrogens with one attached hydrogen (secondary N) is 1. The molecular formula is C19H21N5O. The minimum atomic E-state index is -0.0866. The molecule has 1 aromatic carbocycles. The molecule has 0 saturated carbocycles. The Bertz CT molecular complexity index is 844. The number of hydrogen-bond acceptors (Lipinski definition) is 4. The highest BCUT2D eigenvalue weighted by atomic mass is 16.1. The van der Waals surface area contributed by atoms with Crippen molar-refractivity contribution in [1.29, 1.82) is 0 Å². The summed E-state index contributed by atoms with van der Waals surface area (Å²) in [6.07, 6.45) is 5.50. The largest absolute Gasteiger partial charge is 0.355 e. The van der Waals surface area contributed by atoms with Crippen LogP contribution in [0.3, 0.4) is 0 Å². The van der Waals surface area contributed by atoms with E-state index in [1.807, 2.05) is 66.3 Å². The standard InChI is InChI=1S/C19H21N5O/c1-3-20-19(25)16-9-10-21-18(11-16)23(2)13-15-12-22-24(14-15)17-7-5-4-6-8-17/h4-12,14H,3,13H2,1-2H3,(H,20,25). The van der Waals surface area contributed by atoms with Gasteiger partial charge in [-0.15, -0.1) is 0 Å². The Kier molecular flexibility index (Phi) is 5.09. The predicted octanol–water partition coefficient (Wildman–Crippen LogP) is 2.65. The highest BCUT2D eigenvalue weighted by Crippen LogP contribution is 2.15. The molecule has 3 aromatic rings. The minimum Gasteiger partial charge on any atom is -0.355 e. The van der Waals surface area contributed by atoms with E-state index < -0.39 is 0 Å². The van der Waals surface area contributed by atoms with Gasteiger partial charge in [-0.25, -0.2) is 9.67 Å². The Balaban J connectivity index is 1.72. The number of hydrogen-bond donors (Lipinski definition) is 1. The number of rotatable bonds is 6. The van der Waals surface area contributed by atoms with Crippen molar-refractivity contribution in [3.63, 3.8) is 0 Å². The van der Waals surface area contributed by atoms with Crippen molar-refractivity contribution in [3.05, 3.63) is 72.2 Å². The molecule has 0 bridgehead atoms.